The summed E-state index contributed by atoms with van der Waals surface area (Å²) in [5, 5.41) is 6.96. The summed E-state index contributed by atoms with van der Waals surface area (Å²) < 4.78 is 31.5. The van der Waals surface area contributed by atoms with Crippen molar-refractivity contribution in [3.63, 3.8) is 0 Å². The van der Waals surface area contributed by atoms with Gasteiger partial charge >= 0.3 is 0 Å². The van der Waals surface area contributed by atoms with Gasteiger partial charge in [0.25, 0.3) is 0 Å². The Morgan fingerprint density at radius 1 is 1.43 bits per heavy atom. The summed E-state index contributed by atoms with van der Waals surface area (Å²) in [6.07, 6.45) is 3.86. The van der Waals surface area contributed by atoms with E-state index in [4.69, 9.17) is 4.52 Å². The zero-order chi connectivity index (χ0) is 14.9. The first-order valence-electron chi connectivity index (χ1n) is 6.72. The van der Waals surface area contributed by atoms with Crippen molar-refractivity contribution in [3.05, 3.63) is 29.7 Å². The van der Waals surface area contributed by atoms with Crippen LogP contribution < -0.4 is 10.0 Å². The molecule has 3 N–H and O–H groups in total. The molecule has 0 bridgehead atoms. The van der Waals surface area contributed by atoms with Gasteiger partial charge in [-0.25, -0.2) is 13.1 Å². The number of hydrogen-bond donors (Lipinski definition) is 3. The van der Waals surface area contributed by atoms with Crippen molar-refractivity contribution >= 4 is 10.0 Å². The summed E-state index contributed by atoms with van der Waals surface area (Å²) >= 11 is 0. The summed E-state index contributed by atoms with van der Waals surface area (Å²) in [7, 11) is -3.58. The Balaban J connectivity index is 1.60. The molecular weight excluding hydrogens is 294 g/mol. The third kappa shape index (κ3) is 3.69. The van der Waals surface area contributed by atoms with Crippen LogP contribution in [-0.2, 0) is 23.1 Å². The molecule has 3 rings (SSSR count). The summed E-state index contributed by atoms with van der Waals surface area (Å²) in [6, 6.07) is 2.20. The van der Waals surface area contributed by atoms with E-state index >= 15 is 0 Å². The Labute approximate surface area is 122 Å². The smallest absolute Gasteiger partial charge is 0.242 e. The van der Waals surface area contributed by atoms with Crippen LogP contribution in [0.3, 0.4) is 0 Å². The van der Waals surface area contributed by atoms with Crippen LogP contribution in [0, 0.1) is 6.92 Å². The molecule has 2 aromatic heterocycles. The molecule has 2 aromatic rings. The van der Waals surface area contributed by atoms with Crippen LogP contribution in [0.2, 0.25) is 0 Å². The first-order chi connectivity index (χ1) is 10.0. The Bertz CT molecular complexity index is 717. The number of aromatic nitrogens is 3. The largest absolute Gasteiger partial charge is 0.363 e. The van der Waals surface area contributed by atoms with Gasteiger partial charge in [0.15, 0.2) is 5.82 Å². The van der Waals surface area contributed by atoms with Gasteiger partial charge in [-0.3, -0.25) is 0 Å². The van der Waals surface area contributed by atoms with E-state index < -0.39 is 10.0 Å². The van der Waals surface area contributed by atoms with E-state index in [1.165, 1.54) is 19.0 Å². The standard InChI is InChI=1S/C12H17N5O3S/c1-8-16-12(17-20-8)7-15-21(18,19)11-4-10(14-6-11)5-13-9-2-3-9/h4,6,9,13-15H,2-3,5,7H2,1H3. The van der Waals surface area contributed by atoms with Crippen LogP contribution in [0.25, 0.3) is 0 Å². The van der Waals surface area contributed by atoms with E-state index in [1.807, 2.05) is 0 Å². The number of rotatable bonds is 7. The van der Waals surface area contributed by atoms with E-state index in [9.17, 15) is 8.42 Å². The molecule has 0 radical (unpaired) electrons. The average molecular weight is 311 g/mol. The molecule has 0 amide bonds. The molecule has 0 aromatic carbocycles. The van der Waals surface area contributed by atoms with Crippen LogP contribution in [0.1, 0.15) is 30.3 Å². The maximum absolute atomic E-state index is 12.1. The second kappa shape index (κ2) is 5.58. The van der Waals surface area contributed by atoms with Gasteiger partial charge in [0.1, 0.15) is 0 Å². The zero-order valence-corrected chi connectivity index (χ0v) is 12.4. The normalized spacial score (nSPS) is 15.5. The van der Waals surface area contributed by atoms with Crippen molar-refractivity contribution in [3.8, 4) is 0 Å². The minimum Gasteiger partial charge on any atom is -0.363 e. The fourth-order valence-electron chi connectivity index (χ4n) is 1.87. The Morgan fingerprint density at radius 3 is 2.90 bits per heavy atom. The van der Waals surface area contributed by atoms with E-state index in [-0.39, 0.29) is 11.4 Å². The second-order valence-electron chi connectivity index (χ2n) is 5.07. The number of sulfonamides is 1. The van der Waals surface area contributed by atoms with Crippen LogP contribution in [0.5, 0.6) is 0 Å². The lowest BCUT2D eigenvalue weighted by atomic mass is 10.4. The van der Waals surface area contributed by atoms with Crippen LogP contribution >= 0.6 is 0 Å². The summed E-state index contributed by atoms with van der Waals surface area (Å²) in [5.74, 6) is 0.710. The zero-order valence-electron chi connectivity index (χ0n) is 11.6. The van der Waals surface area contributed by atoms with E-state index in [1.54, 1.807) is 13.0 Å². The minimum atomic E-state index is -3.58. The van der Waals surface area contributed by atoms with Gasteiger partial charge in [-0.2, -0.15) is 4.98 Å². The van der Waals surface area contributed by atoms with Crippen molar-refractivity contribution in [2.75, 3.05) is 0 Å². The molecule has 0 saturated heterocycles. The number of hydrogen-bond acceptors (Lipinski definition) is 6. The van der Waals surface area contributed by atoms with Crippen molar-refractivity contribution in [1.29, 1.82) is 0 Å². The molecule has 0 unspecified atom stereocenters. The number of nitrogens with one attached hydrogen (secondary N) is 3. The van der Waals surface area contributed by atoms with Crippen molar-refractivity contribution < 1.29 is 12.9 Å². The lowest BCUT2D eigenvalue weighted by Crippen LogP contribution is -2.23. The molecule has 0 aliphatic heterocycles. The van der Waals surface area contributed by atoms with Crippen LogP contribution in [0.15, 0.2) is 21.7 Å². The summed E-state index contributed by atoms with van der Waals surface area (Å²) in [4.78, 5) is 7.12. The van der Waals surface area contributed by atoms with Crippen molar-refractivity contribution in [1.82, 2.24) is 25.2 Å². The predicted molar refractivity (Wildman–Crippen MR) is 73.7 cm³/mol. The highest BCUT2D eigenvalue weighted by Crippen LogP contribution is 2.19. The molecule has 1 aliphatic rings. The maximum Gasteiger partial charge on any atom is 0.242 e. The number of H-pyrrole nitrogens is 1. The molecular formula is C12H17N5O3S. The first-order valence-corrected chi connectivity index (χ1v) is 8.21. The molecule has 0 spiro atoms. The van der Waals surface area contributed by atoms with Gasteiger partial charge in [-0.05, 0) is 18.9 Å². The Kier molecular flexibility index (Phi) is 3.79. The molecule has 1 aliphatic carbocycles. The monoisotopic (exact) mass is 311 g/mol. The molecule has 2 heterocycles. The van der Waals surface area contributed by atoms with Gasteiger partial charge in [0, 0.05) is 31.4 Å². The average Bonchev–Trinajstić information content (AvgIpc) is 2.97. The van der Waals surface area contributed by atoms with Gasteiger partial charge in [0.05, 0.1) is 11.4 Å². The van der Waals surface area contributed by atoms with Crippen molar-refractivity contribution in [2.24, 2.45) is 0 Å². The Hall–Kier alpha value is -1.71. The van der Waals surface area contributed by atoms with E-state index in [2.05, 4.69) is 25.2 Å². The fourth-order valence-corrected chi connectivity index (χ4v) is 2.87. The highest BCUT2D eigenvalue weighted by Gasteiger charge is 2.21. The molecule has 21 heavy (non-hydrogen) atoms. The SMILES string of the molecule is Cc1nc(CNS(=O)(=O)c2c[nH]c(CNC3CC3)c2)no1. The molecule has 1 fully saturated rings. The van der Waals surface area contributed by atoms with Gasteiger partial charge in [-0.15, -0.1) is 0 Å². The number of nitrogens with zero attached hydrogens (tertiary/aromatic N) is 2. The first kappa shape index (κ1) is 14.2. The van der Waals surface area contributed by atoms with Crippen LogP contribution in [0.4, 0.5) is 0 Å². The van der Waals surface area contributed by atoms with E-state index in [0.29, 0.717) is 24.3 Å². The molecule has 8 nitrogen and oxygen atoms in total. The highest BCUT2D eigenvalue weighted by molar-refractivity contribution is 7.89. The highest BCUT2D eigenvalue weighted by atomic mass is 32.2. The summed E-state index contributed by atoms with van der Waals surface area (Å²) in [6.45, 7) is 2.29. The third-order valence-corrected chi connectivity index (χ3v) is 4.56. The quantitative estimate of drug-likeness (QED) is 0.684. The van der Waals surface area contributed by atoms with Gasteiger partial charge < -0.3 is 14.8 Å². The second-order valence-corrected chi connectivity index (χ2v) is 6.84. The topological polar surface area (TPSA) is 113 Å². The lowest BCUT2D eigenvalue weighted by molar-refractivity contribution is 0.387. The van der Waals surface area contributed by atoms with Gasteiger partial charge in [0.2, 0.25) is 15.9 Å². The van der Waals surface area contributed by atoms with E-state index in [0.717, 1.165) is 5.69 Å². The fraction of sp³-hybridized carbons (Fsp3) is 0.500. The summed E-state index contributed by atoms with van der Waals surface area (Å²) in [5.41, 5.74) is 0.845. The lowest BCUT2D eigenvalue weighted by Gasteiger charge is -2.01. The van der Waals surface area contributed by atoms with Crippen LogP contribution in [-0.4, -0.2) is 29.6 Å². The van der Waals surface area contributed by atoms with Crippen molar-refractivity contribution in [2.45, 2.75) is 43.8 Å². The molecule has 1 saturated carbocycles. The van der Waals surface area contributed by atoms with Gasteiger partial charge in [-0.1, -0.05) is 5.16 Å². The third-order valence-electron chi connectivity index (χ3n) is 3.18. The Morgan fingerprint density at radius 2 is 2.24 bits per heavy atom. The number of aromatic amines is 1. The predicted octanol–water partition coefficient (Wildman–Crippen LogP) is 0.437. The molecule has 114 valence electrons. The maximum atomic E-state index is 12.1. The number of aryl methyl sites for hydroxylation is 1. The molecule has 9 heteroatoms. The minimum absolute atomic E-state index is 0.000507. The molecule has 0 atom stereocenters.